The van der Waals surface area contributed by atoms with Crippen LogP contribution in [0.5, 0.6) is 11.5 Å². The average molecular weight is 354 g/mol. The molecule has 0 atom stereocenters. The lowest BCUT2D eigenvalue weighted by molar-refractivity contribution is -0.113. The van der Waals surface area contributed by atoms with Gasteiger partial charge in [0.05, 0.1) is 19.9 Å². The van der Waals surface area contributed by atoms with E-state index in [-0.39, 0.29) is 5.91 Å². The van der Waals surface area contributed by atoms with E-state index >= 15 is 0 Å². The van der Waals surface area contributed by atoms with E-state index < -0.39 is 0 Å². The molecule has 1 amide bonds. The Morgan fingerprint density at radius 2 is 1.52 bits per heavy atom. The number of carbonyl (C=O) groups excluding carboxylic acids is 1. The van der Waals surface area contributed by atoms with E-state index in [1.807, 2.05) is 54.8 Å². The first-order valence-corrected chi connectivity index (χ1v) is 8.85. The van der Waals surface area contributed by atoms with Crippen LogP contribution in [-0.4, -0.2) is 31.6 Å². The third kappa shape index (κ3) is 3.53. The number of carbonyl (C=O) groups is 1. The maximum absolute atomic E-state index is 12.8. The minimum Gasteiger partial charge on any atom is -0.497 e. The van der Waals surface area contributed by atoms with E-state index in [1.54, 1.807) is 25.2 Å². The maximum atomic E-state index is 12.8. The zero-order valence-electron chi connectivity index (χ0n) is 14.2. The fraction of sp³-hybridized carbons (Fsp3) is 0.158. The molecular formula is C19H18N2O3S. The number of benzene rings is 2. The molecule has 0 fully saturated rings. The van der Waals surface area contributed by atoms with Gasteiger partial charge in [-0.25, -0.2) is 4.99 Å². The Labute approximate surface area is 151 Å². The standard InChI is InChI=1S/C19H18N2O3S/c1-23-15-8-4-13(5-9-15)12-17-18(22)21(19(20-17)25-3)14-6-10-16(24-2)11-7-14/h4-12H,1-3H3/b17-12-. The van der Waals surface area contributed by atoms with Gasteiger partial charge in [-0.1, -0.05) is 23.9 Å². The highest BCUT2D eigenvalue weighted by molar-refractivity contribution is 8.13. The number of amidine groups is 1. The van der Waals surface area contributed by atoms with Gasteiger partial charge >= 0.3 is 0 Å². The highest BCUT2D eigenvalue weighted by atomic mass is 32.2. The second-order valence-electron chi connectivity index (χ2n) is 5.24. The number of aliphatic imine (C=N–C) groups is 1. The van der Waals surface area contributed by atoms with Crippen LogP contribution in [0.3, 0.4) is 0 Å². The number of ether oxygens (including phenoxy) is 2. The summed E-state index contributed by atoms with van der Waals surface area (Å²) in [7, 11) is 3.23. The Hall–Kier alpha value is -2.73. The monoisotopic (exact) mass is 354 g/mol. The van der Waals surface area contributed by atoms with Gasteiger partial charge in [0, 0.05) is 0 Å². The molecule has 0 aromatic heterocycles. The quantitative estimate of drug-likeness (QED) is 0.784. The van der Waals surface area contributed by atoms with Crippen LogP contribution in [0.4, 0.5) is 5.69 Å². The minimum absolute atomic E-state index is 0.148. The van der Waals surface area contributed by atoms with Crippen LogP contribution in [0.25, 0.3) is 6.08 Å². The molecule has 128 valence electrons. The lowest BCUT2D eigenvalue weighted by Crippen LogP contribution is -2.29. The first kappa shape index (κ1) is 17.1. The van der Waals surface area contributed by atoms with Gasteiger partial charge in [0.25, 0.3) is 5.91 Å². The van der Waals surface area contributed by atoms with E-state index in [0.29, 0.717) is 10.9 Å². The molecule has 6 heteroatoms. The van der Waals surface area contributed by atoms with E-state index in [1.165, 1.54) is 11.8 Å². The summed E-state index contributed by atoms with van der Waals surface area (Å²) in [6.07, 6.45) is 3.68. The van der Waals surface area contributed by atoms with Crippen molar-refractivity contribution in [2.75, 3.05) is 25.4 Å². The topological polar surface area (TPSA) is 51.1 Å². The molecule has 1 aliphatic heterocycles. The van der Waals surface area contributed by atoms with E-state index in [0.717, 1.165) is 22.7 Å². The third-order valence-corrected chi connectivity index (χ3v) is 4.40. The molecule has 5 nitrogen and oxygen atoms in total. The van der Waals surface area contributed by atoms with Gasteiger partial charge in [-0.2, -0.15) is 0 Å². The Morgan fingerprint density at radius 3 is 2.04 bits per heavy atom. The highest BCUT2D eigenvalue weighted by Gasteiger charge is 2.31. The van der Waals surface area contributed by atoms with Crippen molar-refractivity contribution < 1.29 is 14.3 Å². The molecule has 0 radical (unpaired) electrons. The van der Waals surface area contributed by atoms with E-state index in [2.05, 4.69) is 4.99 Å². The second-order valence-corrected chi connectivity index (χ2v) is 6.01. The van der Waals surface area contributed by atoms with Crippen molar-refractivity contribution in [3.8, 4) is 11.5 Å². The van der Waals surface area contributed by atoms with Crippen LogP contribution in [0, 0.1) is 0 Å². The molecule has 3 rings (SSSR count). The SMILES string of the molecule is COc1ccc(/C=C2\N=C(SC)N(c3ccc(OC)cc3)C2=O)cc1. The fourth-order valence-electron chi connectivity index (χ4n) is 2.45. The number of hydrogen-bond donors (Lipinski definition) is 0. The number of nitrogens with zero attached hydrogens (tertiary/aromatic N) is 2. The van der Waals surface area contributed by atoms with Gasteiger partial charge in [0.1, 0.15) is 17.2 Å². The average Bonchev–Trinajstić information content (AvgIpc) is 2.98. The van der Waals surface area contributed by atoms with Crippen molar-refractivity contribution in [2.45, 2.75) is 0 Å². The van der Waals surface area contributed by atoms with Crippen LogP contribution in [-0.2, 0) is 4.79 Å². The first-order valence-electron chi connectivity index (χ1n) is 7.63. The normalized spacial score (nSPS) is 15.5. The lowest BCUT2D eigenvalue weighted by atomic mass is 10.2. The Balaban J connectivity index is 1.91. The summed E-state index contributed by atoms with van der Waals surface area (Å²) in [5.74, 6) is 1.37. The Kier molecular flexibility index (Phi) is 5.09. The van der Waals surface area contributed by atoms with Crippen molar-refractivity contribution in [1.29, 1.82) is 0 Å². The summed E-state index contributed by atoms with van der Waals surface area (Å²) in [5.41, 5.74) is 2.06. The predicted octanol–water partition coefficient (Wildman–Crippen LogP) is 3.81. The zero-order chi connectivity index (χ0) is 17.8. The van der Waals surface area contributed by atoms with E-state index in [4.69, 9.17) is 9.47 Å². The van der Waals surface area contributed by atoms with Gasteiger partial charge in [0.2, 0.25) is 0 Å². The van der Waals surface area contributed by atoms with Gasteiger partial charge in [-0.3, -0.25) is 9.69 Å². The summed E-state index contributed by atoms with van der Waals surface area (Å²) >= 11 is 1.43. The number of methoxy groups -OCH3 is 2. The van der Waals surface area contributed by atoms with E-state index in [9.17, 15) is 4.79 Å². The molecule has 0 saturated heterocycles. The number of thioether (sulfide) groups is 1. The van der Waals surface area contributed by atoms with Crippen molar-refractivity contribution in [2.24, 2.45) is 4.99 Å². The summed E-state index contributed by atoms with van der Waals surface area (Å²) in [5, 5.41) is 0.648. The van der Waals surface area contributed by atoms with Gasteiger partial charge in [-0.15, -0.1) is 0 Å². The number of amides is 1. The molecule has 0 spiro atoms. The molecule has 0 bridgehead atoms. The van der Waals surface area contributed by atoms with Crippen LogP contribution in [0.15, 0.2) is 59.2 Å². The number of hydrogen-bond acceptors (Lipinski definition) is 5. The molecule has 2 aromatic rings. The molecule has 0 N–H and O–H groups in total. The Morgan fingerprint density at radius 1 is 0.960 bits per heavy atom. The third-order valence-electron chi connectivity index (χ3n) is 3.76. The number of anilines is 1. The summed E-state index contributed by atoms with van der Waals surface area (Å²) in [6.45, 7) is 0. The fourth-order valence-corrected chi connectivity index (χ4v) is 3.01. The molecule has 0 saturated carbocycles. The molecular weight excluding hydrogens is 336 g/mol. The van der Waals surface area contributed by atoms with Crippen molar-refractivity contribution in [3.05, 3.63) is 59.8 Å². The summed E-state index contributed by atoms with van der Waals surface area (Å²) in [4.78, 5) is 18.9. The van der Waals surface area contributed by atoms with Gasteiger partial charge in [-0.05, 0) is 54.3 Å². The van der Waals surface area contributed by atoms with Crippen LogP contribution >= 0.6 is 11.8 Å². The second kappa shape index (κ2) is 7.44. The first-order chi connectivity index (χ1) is 12.2. The predicted molar refractivity (Wildman–Crippen MR) is 102 cm³/mol. The minimum atomic E-state index is -0.148. The molecule has 0 unspecified atom stereocenters. The van der Waals surface area contributed by atoms with Crippen molar-refractivity contribution >= 4 is 34.6 Å². The smallest absolute Gasteiger partial charge is 0.283 e. The highest BCUT2D eigenvalue weighted by Crippen LogP contribution is 2.29. The van der Waals surface area contributed by atoms with Gasteiger partial charge < -0.3 is 9.47 Å². The van der Waals surface area contributed by atoms with Crippen molar-refractivity contribution in [1.82, 2.24) is 0 Å². The van der Waals surface area contributed by atoms with Crippen LogP contribution in [0.2, 0.25) is 0 Å². The Bertz CT molecular complexity index is 827. The number of rotatable bonds is 4. The maximum Gasteiger partial charge on any atom is 0.283 e. The molecule has 2 aromatic carbocycles. The van der Waals surface area contributed by atoms with Crippen LogP contribution in [0.1, 0.15) is 5.56 Å². The molecule has 1 aliphatic rings. The van der Waals surface area contributed by atoms with Gasteiger partial charge in [0.15, 0.2) is 5.17 Å². The summed E-state index contributed by atoms with van der Waals surface area (Å²) in [6, 6.07) is 14.8. The molecule has 1 heterocycles. The van der Waals surface area contributed by atoms with Crippen LogP contribution < -0.4 is 14.4 Å². The molecule has 25 heavy (non-hydrogen) atoms. The lowest BCUT2D eigenvalue weighted by Gasteiger charge is -2.17. The van der Waals surface area contributed by atoms with Crippen molar-refractivity contribution in [3.63, 3.8) is 0 Å². The molecule has 0 aliphatic carbocycles. The largest absolute Gasteiger partial charge is 0.497 e. The summed E-state index contributed by atoms with van der Waals surface area (Å²) < 4.78 is 10.3. The zero-order valence-corrected chi connectivity index (χ0v) is 15.0.